The van der Waals surface area contributed by atoms with Gasteiger partial charge in [-0.25, -0.2) is 4.57 Å². The highest BCUT2D eigenvalue weighted by molar-refractivity contribution is 7.47. The molecule has 0 heterocycles. The maximum absolute atomic E-state index is 12.6. The fraction of sp³-hybridized carbons (Fsp3) is 0.556. The third-order valence-electron chi connectivity index (χ3n) is 7.73. The Hall–Kier alpha value is -3.37. The summed E-state index contributed by atoms with van der Waals surface area (Å²) < 4.78 is 32.6. The van der Waals surface area contributed by atoms with Crippen molar-refractivity contribution < 1.29 is 42.7 Å². The Kier molecular flexibility index (Phi) is 37.5. The number of carbonyl (C=O) groups excluding carboxylic acids is 2. The minimum Gasteiger partial charge on any atom is -0.462 e. The van der Waals surface area contributed by atoms with Crippen molar-refractivity contribution in [1.29, 1.82) is 0 Å². The van der Waals surface area contributed by atoms with Gasteiger partial charge in [0, 0.05) is 19.4 Å². The lowest BCUT2D eigenvalue weighted by atomic mass is 10.1. The van der Waals surface area contributed by atoms with Gasteiger partial charge in [0.2, 0.25) is 0 Å². The van der Waals surface area contributed by atoms with Crippen molar-refractivity contribution >= 4 is 19.8 Å². The molecule has 316 valence electrons. The number of hydrogen-bond acceptors (Lipinski definition) is 9. The van der Waals surface area contributed by atoms with Gasteiger partial charge in [-0.2, -0.15) is 0 Å². The molecule has 3 atom stereocenters. The monoisotopic (exact) mass is 801 g/mol. The number of aliphatic hydroxyl groups is 1. The molecule has 0 saturated heterocycles. The van der Waals surface area contributed by atoms with Crippen molar-refractivity contribution in [3.05, 3.63) is 109 Å². The summed E-state index contributed by atoms with van der Waals surface area (Å²) in [6, 6.07) is 0. The van der Waals surface area contributed by atoms with Crippen LogP contribution in [0.1, 0.15) is 123 Å². The highest BCUT2D eigenvalue weighted by Gasteiger charge is 2.25. The summed E-state index contributed by atoms with van der Waals surface area (Å²) in [4.78, 5) is 34.8. The first-order valence-electron chi connectivity index (χ1n) is 20.5. The molecule has 0 aromatic rings. The largest absolute Gasteiger partial charge is 0.472 e. The van der Waals surface area contributed by atoms with E-state index in [1.165, 1.54) is 0 Å². The second-order valence-electron chi connectivity index (χ2n) is 12.9. The molecule has 0 saturated carbocycles. The minimum atomic E-state index is -4.41. The number of ether oxygens (including phenoxy) is 2. The van der Waals surface area contributed by atoms with E-state index < -0.39 is 38.6 Å². The van der Waals surface area contributed by atoms with Crippen molar-refractivity contribution in [2.75, 3.05) is 26.4 Å². The van der Waals surface area contributed by atoms with Gasteiger partial charge in [-0.1, -0.05) is 136 Å². The zero-order valence-electron chi connectivity index (χ0n) is 34.2. The maximum Gasteiger partial charge on any atom is 0.472 e. The van der Waals surface area contributed by atoms with Gasteiger partial charge in [0.25, 0.3) is 0 Å². The zero-order chi connectivity index (χ0) is 41.2. The zero-order valence-corrected chi connectivity index (χ0v) is 35.1. The van der Waals surface area contributed by atoms with E-state index >= 15 is 0 Å². The normalized spacial score (nSPS) is 15.0. The number of allylic oxidation sites excluding steroid dienone is 16. The number of rotatable bonds is 36. The minimum absolute atomic E-state index is 0.0282. The molecule has 0 rings (SSSR count). The average molecular weight is 802 g/mol. The third-order valence-corrected chi connectivity index (χ3v) is 8.71. The highest BCUT2D eigenvalue weighted by Crippen LogP contribution is 2.43. The number of phosphoric acid groups is 1. The Morgan fingerprint density at radius 1 is 0.625 bits per heavy atom. The van der Waals surface area contributed by atoms with Crippen LogP contribution in [0.25, 0.3) is 0 Å². The second kappa shape index (κ2) is 39.8. The maximum atomic E-state index is 12.6. The Balaban J connectivity index is 4.39. The Labute approximate surface area is 338 Å². The molecule has 11 heteroatoms. The fourth-order valence-electron chi connectivity index (χ4n) is 4.74. The summed E-state index contributed by atoms with van der Waals surface area (Å²) in [5.41, 5.74) is 5.33. The summed E-state index contributed by atoms with van der Waals surface area (Å²) >= 11 is 0. The van der Waals surface area contributed by atoms with Crippen molar-refractivity contribution in [2.24, 2.45) is 5.73 Å². The smallest absolute Gasteiger partial charge is 0.462 e. The van der Waals surface area contributed by atoms with Crippen molar-refractivity contribution in [1.82, 2.24) is 0 Å². The fourth-order valence-corrected chi connectivity index (χ4v) is 5.50. The van der Waals surface area contributed by atoms with Gasteiger partial charge in [-0.3, -0.25) is 18.6 Å². The molecule has 0 amide bonds. The third kappa shape index (κ3) is 38.9. The van der Waals surface area contributed by atoms with Crippen LogP contribution in [0.3, 0.4) is 0 Å². The lowest BCUT2D eigenvalue weighted by Crippen LogP contribution is -2.29. The number of unbranched alkanes of at least 4 members (excludes halogenated alkanes) is 5. The molecular weight excluding hydrogens is 729 g/mol. The van der Waals surface area contributed by atoms with Crippen LogP contribution in [0.2, 0.25) is 0 Å². The van der Waals surface area contributed by atoms with Crippen LogP contribution < -0.4 is 5.73 Å². The van der Waals surface area contributed by atoms with E-state index in [0.717, 1.165) is 70.6 Å². The number of hydrogen-bond donors (Lipinski definition) is 3. The Bertz CT molecular complexity index is 1300. The molecule has 0 spiro atoms. The summed E-state index contributed by atoms with van der Waals surface area (Å²) in [5.74, 6) is -0.963. The lowest BCUT2D eigenvalue weighted by Gasteiger charge is -2.19. The lowest BCUT2D eigenvalue weighted by molar-refractivity contribution is -0.161. The van der Waals surface area contributed by atoms with Gasteiger partial charge in [0.15, 0.2) is 6.10 Å². The first-order valence-corrected chi connectivity index (χ1v) is 22.0. The first kappa shape index (κ1) is 52.6. The van der Waals surface area contributed by atoms with E-state index in [1.54, 1.807) is 0 Å². The number of aliphatic hydroxyl groups excluding tert-OH is 1. The van der Waals surface area contributed by atoms with E-state index in [2.05, 4.69) is 67.7 Å². The molecule has 56 heavy (non-hydrogen) atoms. The van der Waals surface area contributed by atoms with Crippen molar-refractivity contribution in [3.63, 3.8) is 0 Å². The van der Waals surface area contributed by atoms with E-state index in [1.807, 2.05) is 55.5 Å². The second-order valence-corrected chi connectivity index (χ2v) is 14.4. The number of carbonyl (C=O) groups is 2. The predicted molar refractivity (Wildman–Crippen MR) is 230 cm³/mol. The van der Waals surface area contributed by atoms with Gasteiger partial charge in [-0.05, 0) is 83.5 Å². The molecule has 0 aromatic carbocycles. The van der Waals surface area contributed by atoms with Crippen molar-refractivity contribution in [2.45, 2.75) is 135 Å². The molecule has 0 fully saturated rings. The average Bonchev–Trinajstić information content (AvgIpc) is 3.18. The molecule has 4 N–H and O–H groups in total. The quantitative estimate of drug-likeness (QED) is 0.0183. The SMILES string of the molecule is CC/C=C\C/C=C\C/C=C\C/C=C\CCCCCCC(=O)O[C@H](COC(=O)CCC/C=C\C/C=C\C/C=C\C=C\CC(O)/C=C\CC)COP(=O)(O)OCCN. The molecule has 0 aliphatic heterocycles. The number of esters is 2. The van der Waals surface area contributed by atoms with Gasteiger partial charge in [0.1, 0.15) is 6.61 Å². The van der Waals surface area contributed by atoms with E-state index in [9.17, 15) is 24.2 Å². The molecular formula is C45H72NO9P. The van der Waals surface area contributed by atoms with E-state index in [4.69, 9.17) is 24.3 Å². The van der Waals surface area contributed by atoms with Gasteiger partial charge in [-0.15, -0.1) is 0 Å². The van der Waals surface area contributed by atoms with Crippen LogP contribution in [-0.2, 0) is 32.7 Å². The first-order chi connectivity index (χ1) is 27.2. The number of phosphoric ester groups is 1. The standard InChI is InChI=1S/C45H72NO9P/c1-3-5-7-8-9-10-11-12-13-14-15-16-21-24-27-30-33-37-45(49)55-43(41-54-56(50,51)53-39-38-46)40-52-44(48)36-32-29-26-23-20-18-17-19-22-25-28-31-35-42(47)34-6-4-2/h5-7,9-10,12-13,15-18,22-23,25-26,28,31,34,42-43,47H,3-4,8,11,14,19-21,24,27,29-30,32-33,35-41,46H2,1-2H3,(H,50,51)/b7-5-,10-9-,13-12-,16-15-,18-17-,25-22-,26-23-,31-28+,34-6-/t42?,43-/m1/s1. The number of nitrogens with two attached hydrogens (primary N) is 1. The summed E-state index contributed by atoms with van der Waals surface area (Å²) in [5, 5.41) is 9.75. The van der Waals surface area contributed by atoms with E-state index in [0.29, 0.717) is 25.7 Å². The van der Waals surface area contributed by atoms with Crippen LogP contribution in [0.15, 0.2) is 109 Å². The van der Waals surface area contributed by atoms with E-state index in [-0.39, 0.29) is 32.6 Å². The van der Waals surface area contributed by atoms with Gasteiger partial charge in [0.05, 0.1) is 19.3 Å². The molecule has 0 bridgehead atoms. The van der Waals surface area contributed by atoms with Crippen LogP contribution in [0.5, 0.6) is 0 Å². The molecule has 0 aromatic heterocycles. The Morgan fingerprint density at radius 2 is 1.16 bits per heavy atom. The Morgan fingerprint density at radius 3 is 1.79 bits per heavy atom. The van der Waals surface area contributed by atoms with Gasteiger partial charge >= 0.3 is 19.8 Å². The molecule has 2 unspecified atom stereocenters. The predicted octanol–water partition coefficient (Wildman–Crippen LogP) is 10.6. The van der Waals surface area contributed by atoms with Crippen molar-refractivity contribution in [3.8, 4) is 0 Å². The van der Waals surface area contributed by atoms with Crippen LogP contribution >= 0.6 is 7.82 Å². The molecule has 10 nitrogen and oxygen atoms in total. The van der Waals surface area contributed by atoms with Crippen LogP contribution in [0, 0.1) is 0 Å². The van der Waals surface area contributed by atoms with Gasteiger partial charge < -0.3 is 25.2 Å². The topological polar surface area (TPSA) is 155 Å². The summed E-state index contributed by atoms with van der Waals surface area (Å²) in [6.45, 7) is 3.23. The molecule has 0 aliphatic rings. The van der Waals surface area contributed by atoms with Crippen LogP contribution in [-0.4, -0.2) is 60.5 Å². The van der Waals surface area contributed by atoms with Crippen LogP contribution in [0.4, 0.5) is 0 Å². The molecule has 0 aliphatic carbocycles. The highest BCUT2D eigenvalue weighted by atomic mass is 31.2. The molecule has 0 radical (unpaired) electrons. The summed E-state index contributed by atoms with van der Waals surface area (Å²) in [6.07, 6.45) is 48.9. The summed E-state index contributed by atoms with van der Waals surface area (Å²) in [7, 11) is -4.41.